The first-order chi connectivity index (χ1) is 28.2. The van der Waals surface area contributed by atoms with Gasteiger partial charge in [-0.1, -0.05) is 64.1 Å². The predicted molar refractivity (Wildman–Crippen MR) is 213 cm³/mol. The van der Waals surface area contributed by atoms with Crippen LogP contribution in [0.1, 0.15) is 91.6 Å². The van der Waals surface area contributed by atoms with Crippen LogP contribution < -0.4 is 10.6 Å². The Morgan fingerprint density at radius 1 is 0.712 bits per heavy atom. The molecule has 2 saturated heterocycles. The standard InChI is InChI=1S/C43H56N4O12/c1-24(2)36(44-42(54)56-5)38(50)46-20-8-12-32(46)40(52)58-22-34(48)27-16-14-26(15-17-27)28-18-19-31(30-11-7-10-29(28)30)35(49)23-59-41(53)33-13-9-21-47(33)39(51)37(25(3)4)45-43(55)57-6/h14-19,24-25,32-33,36-37,43,45,55H,7-13,20-23H2,1-6H3,(H,44,54). The van der Waals surface area contributed by atoms with Gasteiger partial charge in [0.05, 0.1) is 13.2 Å². The van der Waals surface area contributed by atoms with Crippen LogP contribution in [0.2, 0.25) is 0 Å². The number of methoxy groups -OCH3 is 2. The van der Waals surface area contributed by atoms with E-state index in [1.54, 1.807) is 44.2 Å². The van der Waals surface area contributed by atoms with E-state index in [-0.39, 0.29) is 23.5 Å². The van der Waals surface area contributed by atoms with Crippen LogP contribution in [0.25, 0.3) is 11.1 Å². The zero-order valence-corrected chi connectivity index (χ0v) is 34.6. The van der Waals surface area contributed by atoms with Crippen LogP contribution in [0.15, 0.2) is 36.4 Å². The summed E-state index contributed by atoms with van der Waals surface area (Å²) < 4.78 is 20.4. The molecule has 0 radical (unpaired) electrons. The number of amides is 3. The molecule has 2 aromatic rings. The van der Waals surface area contributed by atoms with E-state index in [1.165, 1.54) is 24.0 Å². The van der Waals surface area contributed by atoms with Crippen LogP contribution in [0, 0.1) is 11.8 Å². The van der Waals surface area contributed by atoms with Crippen LogP contribution >= 0.6 is 0 Å². The number of fused-ring (bicyclic) bond motifs is 1. The van der Waals surface area contributed by atoms with E-state index in [2.05, 4.69) is 15.4 Å². The summed E-state index contributed by atoms with van der Waals surface area (Å²) >= 11 is 0. The number of ketones is 2. The van der Waals surface area contributed by atoms with Crippen molar-refractivity contribution in [3.05, 3.63) is 58.7 Å². The lowest BCUT2D eigenvalue weighted by atomic mass is 9.91. The number of nitrogens with zero attached hydrogens (tertiary/aromatic N) is 2. The molecular formula is C43H56N4O12. The molecule has 2 fully saturated rings. The van der Waals surface area contributed by atoms with Gasteiger partial charge in [-0.25, -0.2) is 14.4 Å². The maximum absolute atomic E-state index is 13.5. The number of carbonyl (C=O) groups excluding carboxylic acids is 7. The number of hydrogen-bond donors (Lipinski definition) is 3. The number of aliphatic hydroxyl groups is 1. The van der Waals surface area contributed by atoms with Crippen LogP contribution in [0.5, 0.6) is 0 Å². The molecule has 5 rings (SSSR count). The molecule has 3 N–H and O–H groups in total. The summed E-state index contributed by atoms with van der Waals surface area (Å²) in [6, 6.07) is 7.07. The molecule has 3 amide bonds. The number of benzene rings is 2. The Balaban J connectivity index is 1.18. The van der Waals surface area contributed by atoms with E-state index in [1.807, 2.05) is 19.9 Å². The minimum Gasteiger partial charge on any atom is -0.456 e. The number of alkyl carbamates (subject to hydrolysis) is 1. The number of hydrogen-bond acceptors (Lipinski definition) is 13. The van der Waals surface area contributed by atoms with Gasteiger partial charge in [-0.05, 0) is 79.0 Å². The summed E-state index contributed by atoms with van der Waals surface area (Å²) in [5, 5.41) is 15.2. The highest BCUT2D eigenvalue weighted by molar-refractivity contribution is 6.01. The molecule has 0 saturated carbocycles. The fourth-order valence-electron chi connectivity index (χ4n) is 8.08. The highest BCUT2D eigenvalue weighted by atomic mass is 16.6. The lowest BCUT2D eigenvalue weighted by Crippen LogP contribution is -2.55. The van der Waals surface area contributed by atoms with Crippen molar-refractivity contribution in [1.82, 2.24) is 20.4 Å². The summed E-state index contributed by atoms with van der Waals surface area (Å²) in [7, 11) is 2.51. The number of likely N-dealkylation sites (tertiary alicyclic amines) is 2. The normalized spacial score (nSPS) is 18.9. The zero-order valence-electron chi connectivity index (χ0n) is 34.6. The molecule has 2 aromatic carbocycles. The number of carbonyl (C=O) groups is 7. The van der Waals surface area contributed by atoms with Crippen molar-refractivity contribution in [2.75, 3.05) is 40.5 Å². The molecule has 5 unspecified atom stereocenters. The number of rotatable bonds is 17. The fourth-order valence-corrected chi connectivity index (χ4v) is 8.08. The minimum atomic E-state index is -1.35. The Hall–Kier alpha value is -5.19. The van der Waals surface area contributed by atoms with Crippen molar-refractivity contribution in [3.8, 4) is 11.1 Å². The van der Waals surface area contributed by atoms with E-state index in [0.717, 1.165) is 35.1 Å². The maximum atomic E-state index is 13.5. The molecule has 0 spiro atoms. The molecule has 59 heavy (non-hydrogen) atoms. The van der Waals surface area contributed by atoms with Gasteiger partial charge in [0, 0.05) is 31.3 Å². The zero-order chi connectivity index (χ0) is 43.0. The van der Waals surface area contributed by atoms with Crippen LogP contribution in [0.4, 0.5) is 4.79 Å². The third-order valence-electron chi connectivity index (χ3n) is 11.3. The van der Waals surface area contributed by atoms with Gasteiger partial charge < -0.3 is 39.2 Å². The van der Waals surface area contributed by atoms with Gasteiger partial charge in [-0.3, -0.25) is 24.5 Å². The molecule has 2 aliphatic heterocycles. The molecule has 3 aliphatic rings. The third-order valence-corrected chi connectivity index (χ3v) is 11.3. The summed E-state index contributed by atoms with van der Waals surface area (Å²) in [6.07, 6.45) is 2.08. The molecular weight excluding hydrogens is 764 g/mol. The second-order valence-electron chi connectivity index (χ2n) is 15.8. The fraction of sp³-hybridized carbons (Fsp3) is 0.558. The van der Waals surface area contributed by atoms with Gasteiger partial charge in [0.1, 0.15) is 18.1 Å². The maximum Gasteiger partial charge on any atom is 0.407 e. The quantitative estimate of drug-likeness (QED) is 0.0909. The minimum absolute atomic E-state index is 0.202. The second-order valence-corrected chi connectivity index (χ2v) is 15.8. The summed E-state index contributed by atoms with van der Waals surface area (Å²) in [5.41, 5.74) is 4.44. The van der Waals surface area contributed by atoms with Gasteiger partial charge in [-0.15, -0.1) is 0 Å². The van der Waals surface area contributed by atoms with Gasteiger partial charge >= 0.3 is 18.0 Å². The summed E-state index contributed by atoms with van der Waals surface area (Å²) in [6.45, 7) is 6.86. The average Bonchev–Trinajstić information content (AvgIpc) is 4.04. The van der Waals surface area contributed by atoms with Crippen molar-refractivity contribution >= 4 is 41.4 Å². The van der Waals surface area contributed by atoms with Crippen LogP contribution in [-0.2, 0) is 51.0 Å². The first-order valence-corrected chi connectivity index (χ1v) is 20.2. The lowest BCUT2D eigenvalue weighted by Gasteiger charge is -2.31. The van der Waals surface area contributed by atoms with Gasteiger partial charge in [0.15, 0.2) is 19.0 Å². The van der Waals surface area contributed by atoms with Crippen molar-refractivity contribution in [2.24, 2.45) is 11.8 Å². The van der Waals surface area contributed by atoms with Crippen molar-refractivity contribution in [2.45, 2.75) is 103 Å². The van der Waals surface area contributed by atoms with Crippen molar-refractivity contribution in [1.29, 1.82) is 0 Å². The lowest BCUT2D eigenvalue weighted by molar-refractivity contribution is -0.156. The molecule has 0 bridgehead atoms. The molecule has 2 heterocycles. The molecule has 16 heteroatoms. The van der Waals surface area contributed by atoms with E-state index in [0.29, 0.717) is 56.3 Å². The Morgan fingerprint density at radius 3 is 1.80 bits per heavy atom. The second kappa shape index (κ2) is 20.2. The molecule has 1 aliphatic carbocycles. The number of esters is 2. The largest absolute Gasteiger partial charge is 0.456 e. The smallest absolute Gasteiger partial charge is 0.407 e. The van der Waals surface area contributed by atoms with Gasteiger partial charge in [0.25, 0.3) is 0 Å². The van der Waals surface area contributed by atoms with Crippen LogP contribution in [-0.4, -0.2) is 127 Å². The Morgan fingerprint density at radius 2 is 1.25 bits per heavy atom. The third kappa shape index (κ3) is 10.5. The van der Waals surface area contributed by atoms with E-state index in [4.69, 9.17) is 14.2 Å². The Kier molecular flexibility index (Phi) is 15.4. The highest BCUT2D eigenvalue weighted by Crippen LogP contribution is 2.35. The van der Waals surface area contributed by atoms with Crippen molar-refractivity contribution in [3.63, 3.8) is 0 Å². The SMILES string of the molecule is COC(=O)NC(C(=O)N1CCCC1C(=O)OCC(=O)c1ccc(-c2ccc(C(=O)COC(=O)C3CCCN3C(=O)C(NC(O)OC)C(C)C)c3c2CCC3)cc1)C(C)C. The highest BCUT2D eigenvalue weighted by Gasteiger charge is 2.41. The molecule has 16 nitrogen and oxygen atoms in total. The molecule has 0 aromatic heterocycles. The van der Waals surface area contributed by atoms with Crippen LogP contribution in [0.3, 0.4) is 0 Å². The van der Waals surface area contributed by atoms with Crippen molar-refractivity contribution < 1.29 is 57.6 Å². The van der Waals surface area contributed by atoms with E-state index >= 15 is 0 Å². The average molecular weight is 821 g/mol. The topological polar surface area (TPSA) is 207 Å². The first kappa shape index (κ1) is 44.9. The monoisotopic (exact) mass is 820 g/mol. The van der Waals surface area contributed by atoms with Gasteiger partial charge in [0.2, 0.25) is 24.0 Å². The summed E-state index contributed by atoms with van der Waals surface area (Å²) in [5.74, 6) is -3.35. The Bertz CT molecular complexity index is 1900. The van der Waals surface area contributed by atoms with E-state index < -0.39 is 73.5 Å². The van der Waals surface area contributed by atoms with E-state index in [9.17, 15) is 38.7 Å². The summed E-state index contributed by atoms with van der Waals surface area (Å²) in [4.78, 5) is 94.3. The first-order valence-electron chi connectivity index (χ1n) is 20.2. The number of nitrogens with one attached hydrogen (secondary N) is 2. The number of Topliss-reactive ketones (excluding diaryl/α,β-unsaturated/α-hetero) is 2. The molecule has 5 atom stereocenters. The molecule has 320 valence electrons. The van der Waals surface area contributed by atoms with Gasteiger partial charge in [-0.2, -0.15) is 0 Å². The predicted octanol–water partition coefficient (Wildman–Crippen LogP) is 3.19. The Labute approximate surface area is 344 Å². The number of ether oxygens (including phenoxy) is 4. The number of aliphatic hydroxyl groups excluding tert-OH is 1.